The van der Waals surface area contributed by atoms with Crippen LogP contribution in [0.2, 0.25) is 0 Å². The van der Waals surface area contributed by atoms with Crippen LogP contribution in [-0.4, -0.2) is 41.5 Å². The summed E-state index contributed by atoms with van der Waals surface area (Å²) in [5.41, 5.74) is 1.31. The van der Waals surface area contributed by atoms with E-state index < -0.39 is 6.04 Å². The van der Waals surface area contributed by atoms with Gasteiger partial charge < -0.3 is 15.0 Å². The van der Waals surface area contributed by atoms with Crippen LogP contribution in [-0.2, 0) is 4.79 Å². The lowest BCUT2D eigenvalue weighted by Crippen LogP contribution is -2.44. The molecule has 1 unspecified atom stereocenters. The molecule has 1 fully saturated rings. The molecule has 142 valence electrons. The Balaban J connectivity index is 1.55. The predicted octanol–water partition coefficient (Wildman–Crippen LogP) is 4.00. The number of hydrogen-bond donors (Lipinski definition) is 1. The maximum Gasteiger partial charge on any atom is 0.255 e. The van der Waals surface area contributed by atoms with Crippen LogP contribution in [0.15, 0.2) is 66.7 Å². The molecule has 1 aliphatic rings. The number of nitrogens with zero attached hydrogens (tertiary/aromatic N) is 1. The molecule has 0 aromatic heterocycles. The van der Waals surface area contributed by atoms with Crippen molar-refractivity contribution in [3.05, 3.63) is 72.3 Å². The van der Waals surface area contributed by atoms with Crippen molar-refractivity contribution in [3.63, 3.8) is 0 Å². The average Bonchev–Trinajstić information content (AvgIpc) is 3.23. The summed E-state index contributed by atoms with van der Waals surface area (Å²) in [6.45, 7) is 0. The van der Waals surface area contributed by atoms with E-state index in [1.807, 2.05) is 42.5 Å². The van der Waals surface area contributed by atoms with Crippen LogP contribution in [0.4, 0.5) is 5.69 Å². The second-order valence-electron chi connectivity index (χ2n) is 6.54. The zero-order valence-electron chi connectivity index (χ0n) is 15.4. The van der Waals surface area contributed by atoms with Gasteiger partial charge in [-0.15, -0.1) is 11.8 Å². The number of ether oxygens (including phenoxy) is 1. The van der Waals surface area contributed by atoms with E-state index in [-0.39, 0.29) is 11.8 Å². The highest BCUT2D eigenvalue weighted by Crippen LogP contribution is 2.27. The first-order chi connectivity index (χ1) is 13.7. The fraction of sp³-hybridized carbons (Fsp3) is 0.182. The largest absolute Gasteiger partial charge is 0.497 e. The third-order valence-corrected chi connectivity index (χ3v) is 5.84. The number of nitrogens with one attached hydrogen (secondary N) is 1. The molecule has 0 spiro atoms. The van der Waals surface area contributed by atoms with Crippen LogP contribution in [0.1, 0.15) is 10.4 Å². The molecule has 1 saturated heterocycles. The van der Waals surface area contributed by atoms with E-state index in [9.17, 15) is 9.59 Å². The number of carbonyl (C=O) groups excluding carboxylic acids is 2. The number of methoxy groups -OCH3 is 1. The van der Waals surface area contributed by atoms with Crippen molar-refractivity contribution in [1.29, 1.82) is 0 Å². The van der Waals surface area contributed by atoms with Crippen molar-refractivity contribution in [3.8, 4) is 5.75 Å². The number of thioether (sulfide) groups is 1. The molecule has 0 saturated carbocycles. The van der Waals surface area contributed by atoms with Gasteiger partial charge >= 0.3 is 0 Å². The van der Waals surface area contributed by atoms with Gasteiger partial charge in [-0.3, -0.25) is 9.59 Å². The van der Waals surface area contributed by atoms with E-state index in [4.69, 9.17) is 4.74 Å². The summed E-state index contributed by atoms with van der Waals surface area (Å²) in [6, 6.07) is 20.1. The SMILES string of the molecule is COc1ccc(NC(=O)C2CSCN2C(=O)c2cccc3ccccc23)cc1. The Morgan fingerprint density at radius 2 is 1.79 bits per heavy atom. The van der Waals surface area contributed by atoms with Crippen LogP contribution in [0.3, 0.4) is 0 Å². The third kappa shape index (κ3) is 3.55. The number of carbonyl (C=O) groups is 2. The summed E-state index contributed by atoms with van der Waals surface area (Å²) in [6.07, 6.45) is 0. The first-order valence-electron chi connectivity index (χ1n) is 8.99. The van der Waals surface area contributed by atoms with E-state index in [0.717, 1.165) is 16.5 Å². The van der Waals surface area contributed by atoms with Gasteiger partial charge in [-0.05, 0) is 41.1 Å². The van der Waals surface area contributed by atoms with Gasteiger partial charge in [0.15, 0.2) is 0 Å². The summed E-state index contributed by atoms with van der Waals surface area (Å²) in [7, 11) is 1.60. The van der Waals surface area contributed by atoms with Gasteiger partial charge in [0.25, 0.3) is 5.91 Å². The Kier molecular flexibility index (Phi) is 5.21. The van der Waals surface area contributed by atoms with Crippen molar-refractivity contribution in [1.82, 2.24) is 4.90 Å². The van der Waals surface area contributed by atoms with E-state index in [1.165, 1.54) is 0 Å². The fourth-order valence-corrected chi connectivity index (χ4v) is 4.48. The number of hydrogen-bond acceptors (Lipinski definition) is 4. The standard InChI is InChI=1S/C22H20N2O3S/c1-27-17-11-9-16(10-12-17)23-21(25)20-13-28-14-24(20)22(26)19-8-4-6-15-5-2-3-7-18(15)19/h2-12,20H,13-14H2,1H3,(H,23,25). The third-order valence-electron chi connectivity index (χ3n) is 4.82. The zero-order valence-corrected chi connectivity index (χ0v) is 16.2. The fourth-order valence-electron chi connectivity index (χ4n) is 3.33. The lowest BCUT2D eigenvalue weighted by molar-refractivity contribution is -0.119. The van der Waals surface area contributed by atoms with E-state index in [2.05, 4.69) is 5.32 Å². The lowest BCUT2D eigenvalue weighted by Gasteiger charge is -2.23. The molecule has 3 aromatic rings. The van der Waals surface area contributed by atoms with Crippen molar-refractivity contribution in [2.75, 3.05) is 24.1 Å². The Hall–Kier alpha value is -2.99. The average molecular weight is 392 g/mol. The van der Waals surface area contributed by atoms with Gasteiger partial charge in [0, 0.05) is 17.0 Å². The highest BCUT2D eigenvalue weighted by atomic mass is 32.2. The summed E-state index contributed by atoms with van der Waals surface area (Å²) in [5, 5.41) is 4.82. The van der Waals surface area contributed by atoms with Crippen LogP contribution >= 0.6 is 11.8 Å². The zero-order chi connectivity index (χ0) is 19.5. The monoisotopic (exact) mass is 392 g/mol. The molecule has 0 bridgehead atoms. The maximum atomic E-state index is 13.2. The van der Waals surface area contributed by atoms with Crippen LogP contribution in [0, 0.1) is 0 Å². The molecule has 5 nitrogen and oxygen atoms in total. The highest BCUT2D eigenvalue weighted by molar-refractivity contribution is 7.99. The van der Waals surface area contributed by atoms with Crippen LogP contribution in [0.25, 0.3) is 10.8 Å². The molecule has 28 heavy (non-hydrogen) atoms. The van der Waals surface area contributed by atoms with Gasteiger partial charge in [0.05, 0.1) is 13.0 Å². The molecule has 2 amide bonds. The molecule has 1 atom stereocenters. The first kappa shape index (κ1) is 18.4. The van der Waals surface area contributed by atoms with Gasteiger partial charge in [0.2, 0.25) is 5.91 Å². The molecule has 3 aromatic carbocycles. The molecule has 4 rings (SSSR count). The topological polar surface area (TPSA) is 58.6 Å². The normalized spacial score (nSPS) is 16.2. The number of anilines is 1. The minimum atomic E-state index is -0.501. The van der Waals surface area contributed by atoms with Crippen molar-refractivity contribution in [2.24, 2.45) is 0 Å². The number of fused-ring (bicyclic) bond motifs is 1. The first-order valence-corrected chi connectivity index (χ1v) is 10.1. The smallest absolute Gasteiger partial charge is 0.255 e. The lowest BCUT2D eigenvalue weighted by atomic mass is 10.0. The van der Waals surface area contributed by atoms with E-state index in [1.54, 1.807) is 48.0 Å². The summed E-state index contributed by atoms with van der Waals surface area (Å²) < 4.78 is 5.14. The van der Waals surface area contributed by atoms with Crippen molar-refractivity contribution >= 4 is 40.0 Å². The highest BCUT2D eigenvalue weighted by Gasteiger charge is 2.35. The number of amides is 2. The Morgan fingerprint density at radius 3 is 2.57 bits per heavy atom. The van der Waals surface area contributed by atoms with Gasteiger partial charge in [-0.2, -0.15) is 0 Å². The molecular weight excluding hydrogens is 372 g/mol. The maximum absolute atomic E-state index is 13.2. The number of benzene rings is 3. The molecule has 1 heterocycles. The summed E-state index contributed by atoms with van der Waals surface area (Å²) >= 11 is 1.59. The minimum absolute atomic E-state index is 0.114. The molecule has 1 N–H and O–H groups in total. The molecule has 0 aliphatic carbocycles. The molecule has 0 radical (unpaired) electrons. The van der Waals surface area contributed by atoms with Crippen LogP contribution in [0.5, 0.6) is 5.75 Å². The Labute approximate surface area is 167 Å². The second kappa shape index (κ2) is 7.94. The second-order valence-corrected chi connectivity index (χ2v) is 7.53. The van der Waals surface area contributed by atoms with Gasteiger partial charge in [0.1, 0.15) is 11.8 Å². The number of rotatable bonds is 4. The Bertz CT molecular complexity index is 1010. The minimum Gasteiger partial charge on any atom is -0.497 e. The Morgan fingerprint density at radius 1 is 1.04 bits per heavy atom. The van der Waals surface area contributed by atoms with Crippen LogP contribution < -0.4 is 10.1 Å². The quantitative estimate of drug-likeness (QED) is 0.729. The van der Waals surface area contributed by atoms with E-state index >= 15 is 0 Å². The van der Waals surface area contributed by atoms with Gasteiger partial charge in [-0.25, -0.2) is 0 Å². The molecular formula is C22H20N2O3S. The predicted molar refractivity (Wildman–Crippen MR) is 113 cm³/mol. The molecule has 1 aliphatic heterocycles. The summed E-state index contributed by atoms with van der Waals surface area (Å²) in [5.74, 6) is 1.52. The molecule has 6 heteroatoms. The van der Waals surface area contributed by atoms with Gasteiger partial charge in [-0.1, -0.05) is 36.4 Å². The summed E-state index contributed by atoms with van der Waals surface area (Å²) in [4.78, 5) is 27.7. The van der Waals surface area contributed by atoms with Crippen molar-refractivity contribution in [2.45, 2.75) is 6.04 Å². The van der Waals surface area contributed by atoms with Crippen molar-refractivity contribution < 1.29 is 14.3 Å². The van der Waals surface area contributed by atoms with E-state index in [0.29, 0.717) is 22.9 Å².